The van der Waals surface area contributed by atoms with Crippen molar-refractivity contribution < 1.29 is 8.42 Å². The van der Waals surface area contributed by atoms with Crippen molar-refractivity contribution in [3.63, 3.8) is 0 Å². The van der Waals surface area contributed by atoms with Crippen molar-refractivity contribution in [2.45, 2.75) is 58.5 Å². The quantitative estimate of drug-likeness (QED) is 0.591. The zero-order valence-electron chi connectivity index (χ0n) is 17.0. The van der Waals surface area contributed by atoms with Crippen LogP contribution in [-0.2, 0) is 16.6 Å². The number of aryl methyl sites for hydroxylation is 4. The van der Waals surface area contributed by atoms with Gasteiger partial charge in [0.2, 0.25) is 10.0 Å². The van der Waals surface area contributed by atoms with E-state index in [4.69, 9.17) is 11.6 Å². The first-order valence-corrected chi connectivity index (χ1v) is 11.3. The SMILES string of the molecule is CCC(Cn1c(C)cc2cc(Cl)ccc21)NS(=O)(=O)c1c(C)cc(C)cc1C. The number of aromatic nitrogens is 1. The molecule has 0 amide bonds. The van der Waals surface area contributed by atoms with E-state index < -0.39 is 10.0 Å². The van der Waals surface area contributed by atoms with Gasteiger partial charge in [0.05, 0.1) is 4.90 Å². The zero-order chi connectivity index (χ0) is 20.6. The number of sulfonamides is 1. The van der Waals surface area contributed by atoms with E-state index in [0.29, 0.717) is 22.9 Å². The molecule has 2 aromatic carbocycles. The van der Waals surface area contributed by atoms with Crippen LogP contribution < -0.4 is 4.72 Å². The zero-order valence-corrected chi connectivity index (χ0v) is 18.6. The van der Waals surface area contributed by atoms with Gasteiger partial charge in [-0.3, -0.25) is 0 Å². The van der Waals surface area contributed by atoms with E-state index in [-0.39, 0.29) is 6.04 Å². The van der Waals surface area contributed by atoms with Gasteiger partial charge in [0, 0.05) is 34.2 Å². The molecule has 0 aliphatic carbocycles. The molecular weight excluding hydrogens is 392 g/mol. The lowest BCUT2D eigenvalue weighted by molar-refractivity contribution is 0.487. The minimum atomic E-state index is -3.61. The number of rotatable bonds is 6. The molecule has 28 heavy (non-hydrogen) atoms. The summed E-state index contributed by atoms with van der Waals surface area (Å²) >= 11 is 6.11. The molecule has 3 aromatic rings. The van der Waals surface area contributed by atoms with Crippen LogP contribution in [0.15, 0.2) is 41.3 Å². The number of hydrogen-bond donors (Lipinski definition) is 1. The summed E-state index contributed by atoms with van der Waals surface area (Å²) in [4.78, 5) is 0.386. The Morgan fingerprint density at radius 2 is 1.68 bits per heavy atom. The molecule has 1 N–H and O–H groups in total. The highest BCUT2D eigenvalue weighted by atomic mass is 35.5. The summed E-state index contributed by atoms with van der Waals surface area (Å²) in [6.45, 7) is 10.3. The highest BCUT2D eigenvalue weighted by Crippen LogP contribution is 2.25. The smallest absolute Gasteiger partial charge is 0.241 e. The summed E-state index contributed by atoms with van der Waals surface area (Å²) in [7, 11) is -3.61. The standard InChI is InChI=1S/C22H27ClN2O2S/c1-6-20(13-25-17(5)11-18-12-19(23)7-8-21(18)25)24-28(26,27)22-15(3)9-14(2)10-16(22)4/h7-12,20,24H,6,13H2,1-5H3. The van der Waals surface area contributed by atoms with Crippen molar-refractivity contribution in [3.8, 4) is 0 Å². The second-order valence-electron chi connectivity index (χ2n) is 7.55. The number of nitrogens with one attached hydrogen (secondary N) is 1. The number of nitrogens with zero attached hydrogens (tertiary/aromatic N) is 1. The summed E-state index contributed by atoms with van der Waals surface area (Å²) in [6, 6.07) is 11.5. The third kappa shape index (κ3) is 4.12. The molecule has 150 valence electrons. The van der Waals surface area contributed by atoms with E-state index in [1.807, 2.05) is 65.0 Å². The molecule has 1 unspecified atom stereocenters. The molecule has 4 nitrogen and oxygen atoms in total. The van der Waals surface area contributed by atoms with Crippen LogP contribution in [0.5, 0.6) is 0 Å². The van der Waals surface area contributed by atoms with E-state index >= 15 is 0 Å². The van der Waals surface area contributed by atoms with Gasteiger partial charge < -0.3 is 4.57 Å². The first-order chi connectivity index (χ1) is 13.1. The van der Waals surface area contributed by atoms with Crippen LogP contribution in [0.1, 0.15) is 35.7 Å². The Morgan fingerprint density at radius 1 is 1.04 bits per heavy atom. The highest BCUT2D eigenvalue weighted by molar-refractivity contribution is 7.89. The Hall–Kier alpha value is -1.82. The Labute approximate surface area is 172 Å². The van der Waals surface area contributed by atoms with Crippen molar-refractivity contribution >= 4 is 32.5 Å². The predicted octanol–water partition coefficient (Wildman–Crippen LogP) is 5.29. The maximum absolute atomic E-state index is 13.1. The maximum Gasteiger partial charge on any atom is 0.241 e. The summed E-state index contributed by atoms with van der Waals surface area (Å²) in [5.41, 5.74) is 4.75. The molecule has 0 bridgehead atoms. The van der Waals surface area contributed by atoms with E-state index in [9.17, 15) is 8.42 Å². The van der Waals surface area contributed by atoms with Gasteiger partial charge in [0.1, 0.15) is 0 Å². The Kier molecular flexibility index (Phi) is 5.89. The van der Waals surface area contributed by atoms with E-state index in [1.54, 1.807) is 0 Å². The molecule has 3 rings (SSSR count). The predicted molar refractivity (Wildman–Crippen MR) is 117 cm³/mol. The van der Waals surface area contributed by atoms with Crippen LogP contribution in [0, 0.1) is 27.7 Å². The first kappa shape index (κ1) is 20.9. The van der Waals surface area contributed by atoms with Crippen molar-refractivity contribution in [2.24, 2.45) is 0 Å². The summed E-state index contributed by atoms with van der Waals surface area (Å²) in [6.07, 6.45) is 0.690. The molecule has 1 aromatic heterocycles. The molecule has 0 fully saturated rings. The highest BCUT2D eigenvalue weighted by Gasteiger charge is 2.24. The lowest BCUT2D eigenvalue weighted by atomic mass is 10.1. The average Bonchev–Trinajstić information content (AvgIpc) is 2.87. The van der Waals surface area contributed by atoms with E-state index in [2.05, 4.69) is 15.4 Å². The number of benzene rings is 2. The monoisotopic (exact) mass is 418 g/mol. The summed E-state index contributed by atoms with van der Waals surface area (Å²) in [5, 5.41) is 1.76. The third-order valence-corrected chi connectivity index (χ3v) is 7.22. The maximum atomic E-state index is 13.1. The third-order valence-electron chi connectivity index (χ3n) is 5.16. The molecule has 0 aliphatic heterocycles. The van der Waals surface area contributed by atoms with Crippen molar-refractivity contribution in [3.05, 3.63) is 63.8 Å². The van der Waals surface area contributed by atoms with Gasteiger partial charge >= 0.3 is 0 Å². The molecule has 0 aliphatic rings. The van der Waals surface area contributed by atoms with Gasteiger partial charge in [0.25, 0.3) is 0 Å². The van der Waals surface area contributed by atoms with Gasteiger partial charge in [-0.05, 0) is 69.5 Å². The summed E-state index contributed by atoms with van der Waals surface area (Å²) in [5.74, 6) is 0. The largest absolute Gasteiger partial charge is 0.343 e. The molecule has 1 heterocycles. The summed E-state index contributed by atoms with van der Waals surface area (Å²) < 4.78 is 31.4. The Morgan fingerprint density at radius 3 is 2.29 bits per heavy atom. The molecule has 0 saturated heterocycles. The van der Waals surface area contributed by atoms with Gasteiger partial charge in [-0.25, -0.2) is 13.1 Å². The number of hydrogen-bond acceptors (Lipinski definition) is 2. The topological polar surface area (TPSA) is 51.1 Å². The normalized spacial score (nSPS) is 13.2. The van der Waals surface area contributed by atoms with Crippen LogP contribution in [-0.4, -0.2) is 19.0 Å². The molecular formula is C22H27ClN2O2S. The van der Waals surface area contributed by atoms with Crippen molar-refractivity contribution in [1.82, 2.24) is 9.29 Å². The van der Waals surface area contributed by atoms with Crippen molar-refractivity contribution in [1.29, 1.82) is 0 Å². The second kappa shape index (κ2) is 7.90. The Balaban J connectivity index is 1.92. The lowest BCUT2D eigenvalue weighted by Crippen LogP contribution is -2.38. The molecule has 6 heteroatoms. The van der Waals surface area contributed by atoms with Crippen LogP contribution in [0.2, 0.25) is 5.02 Å². The molecule has 0 saturated carbocycles. The Bertz CT molecular complexity index is 1110. The fraction of sp³-hybridized carbons (Fsp3) is 0.364. The van der Waals surface area contributed by atoms with E-state index in [0.717, 1.165) is 33.3 Å². The molecule has 0 radical (unpaired) electrons. The minimum Gasteiger partial charge on any atom is -0.343 e. The lowest BCUT2D eigenvalue weighted by Gasteiger charge is -2.21. The second-order valence-corrected chi connectivity index (χ2v) is 9.64. The minimum absolute atomic E-state index is 0.213. The van der Waals surface area contributed by atoms with Gasteiger partial charge in [0.15, 0.2) is 0 Å². The van der Waals surface area contributed by atoms with Gasteiger partial charge in [-0.15, -0.1) is 0 Å². The molecule has 0 spiro atoms. The molecule has 1 atom stereocenters. The fourth-order valence-electron chi connectivity index (χ4n) is 3.96. The van der Waals surface area contributed by atoms with Gasteiger partial charge in [-0.1, -0.05) is 36.2 Å². The van der Waals surface area contributed by atoms with Crippen LogP contribution in [0.4, 0.5) is 0 Å². The fourth-order valence-corrected chi connectivity index (χ4v) is 5.91. The first-order valence-electron chi connectivity index (χ1n) is 9.48. The van der Waals surface area contributed by atoms with E-state index in [1.165, 1.54) is 0 Å². The number of fused-ring (bicyclic) bond motifs is 1. The number of halogens is 1. The van der Waals surface area contributed by atoms with Gasteiger partial charge in [-0.2, -0.15) is 0 Å². The van der Waals surface area contributed by atoms with Crippen LogP contribution in [0.3, 0.4) is 0 Å². The van der Waals surface area contributed by atoms with Crippen molar-refractivity contribution in [2.75, 3.05) is 0 Å². The average molecular weight is 419 g/mol. The van der Waals surface area contributed by atoms with Crippen LogP contribution >= 0.6 is 11.6 Å². The van der Waals surface area contributed by atoms with Crippen LogP contribution in [0.25, 0.3) is 10.9 Å².